The summed E-state index contributed by atoms with van der Waals surface area (Å²) < 4.78 is 42.7. The van der Waals surface area contributed by atoms with Gasteiger partial charge in [0.15, 0.2) is 6.29 Å². The van der Waals surface area contributed by atoms with Gasteiger partial charge in [-0.3, -0.25) is 9.36 Å². The molecule has 0 spiro atoms. The largest absolute Gasteiger partial charge is 0.421 e. The molecule has 2 aromatic heterocycles. The number of halogens is 3. The summed E-state index contributed by atoms with van der Waals surface area (Å²) in [6.45, 7) is 1.84. The Balaban J connectivity index is 1.55. The molecule has 1 aliphatic carbocycles. The summed E-state index contributed by atoms with van der Waals surface area (Å²) in [4.78, 5) is 5.30. The van der Waals surface area contributed by atoms with Crippen molar-refractivity contribution in [2.45, 2.75) is 38.3 Å². The van der Waals surface area contributed by atoms with E-state index >= 15 is 0 Å². The summed E-state index contributed by atoms with van der Waals surface area (Å²) in [5, 5.41) is 12.0. The lowest BCUT2D eigenvalue weighted by Crippen LogP contribution is -2.42. The van der Waals surface area contributed by atoms with Crippen LogP contribution in [-0.4, -0.2) is 49.8 Å². The Kier molecular flexibility index (Phi) is 4.12. The topological polar surface area (TPSA) is 89.3 Å². The molecule has 0 saturated heterocycles. The van der Waals surface area contributed by atoms with E-state index in [0.717, 1.165) is 30.3 Å². The molecule has 2 aliphatic rings. The van der Waals surface area contributed by atoms with Gasteiger partial charge in [0.25, 0.3) is 0 Å². The fraction of sp³-hybridized carbons (Fsp3) is 0.471. The number of fused-ring (bicyclic) bond motifs is 1. The molecular weight excluding hydrogens is 373 g/mol. The summed E-state index contributed by atoms with van der Waals surface area (Å²) in [6.07, 6.45) is 1.23. The Bertz CT molecular complexity index is 968. The molecule has 0 aromatic carbocycles. The zero-order valence-corrected chi connectivity index (χ0v) is 15.7. The van der Waals surface area contributed by atoms with Crippen LogP contribution in [0.5, 0.6) is 0 Å². The maximum Gasteiger partial charge on any atom is 0.421 e. The maximum absolute atomic E-state index is 13.0. The van der Waals surface area contributed by atoms with Crippen molar-refractivity contribution in [1.82, 2.24) is 24.5 Å². The molecule has 28 heavy (non-hydrogen) atoms. The van der Waals surface area contributed by atoms with E-state index in [0.29, 0.717) is 5.69 Å². The number of aliphatic imine (C=N–C) groups is 1. The van der Waals surface area contributed by atoms with Crippen molar-refractivity contribution < 1.29 is 13.2 Å². The van der Waals surface area contributed by atoms with Gasteiger partial charge in [-0.15, -0.1) is 0 Å². The Morgan fingerprint density at radius 1 is 1.29 bits per heavy atom. The lowest BCUT2D eigenvalue weighted by atomic mass is 10.2. The predicted octanol–water partition coefficient (Wildman–Crippen LogP) is 1.90. The summed E-state index contributed by atoms with van der Waals surface area (Å²) in [7, 11) is 3.44. The molecule has 0 saturated carbocycles. The molecule has 3 heterocycles. The molecule has 2 atom stereocenters. The Hall–Kier alpha value is -2.98. The second-order valence-corrected chi connectivity index (χ2v) is 7.07. The van der Waals surface area contributed by atoms with Gasteiger partial charge in [-0.2, -0.15) is 23.4 Å². The molecular formula is C17H21F3N8. The van der Waals surface area contributed by atoms with Crippen LogP contribution in [0.4, 0.5) is 18.9 Å². The minimum Gasteiger partial charge on any atom is -0.383 e. The van der Waals surface area contributed by atoms with E-state index in [4.69, 9.17) is 5.73 Å². The number of aryl methyl sites for hydroxylation is 2. The van der Waals surface area contributed by atoms with E-state index in [1.54, 1.807) is 0 Å². The first-order chi connectivity index (χ1) is 13.1. The highest BCUT2D eigenvalue weighted by Gasteiger charge is 2.39. The van der Waals surface area contributed by atoms with Crippen molar-refractivity contribution in [2.75, 3.05) is 12.4 Å². The van der Waals surface area contributed by atoms with Crippen LogP contribution in [0, 0.1) is 6.92 Å². The van der Waals surface area contributed by atoms with Gasteiger partial charge in [0.1, 0.15) is 11.4 Å². The summed E-state index contributed by atoms with van der Waals surface area (Å²) >= 11 is 0. The van der Waals surface area contributed by atoms with Crippen LogP contribution in [0.3, 0.4) is 0 Å². The van der Waals surface area contributed by atoms with Gasteiger partial charge in [0.2, 0.25) is 0 Å². The fourth-order valence-corrected chi connectivity index (χ4v) is 3.68. The number of nitrogens with two attached hydrogens (primary N) is 1. The van der Waals surface area contributed by atoms with Crippen molar-refractivity contribution in [3.8, 4) is 0 Å². The molecule has 11 heteroatoms. The monoisotopic (exact) mass is 394 g/mol. The number of nitrogens with one attached hydrogen (secondary N) is 1. The van der Waals surface area contributed by atoms with Crippen molar-refractivity contribution in [3.63, 3.8) is 0 Å². The standard InChI is InChI=1S/C17H21F3N8/c1-9-12(23-16-24-15(21)11(7-26(16)2)17(18,19)20)8-28(25-9)14-5-4-13-10(14)6-22-27(13)3/h6-8,14,16,23H,4-5H2,1-3H3,(H2,21,24). The van der Waals surface area contributed by atoms with Gasteiger partial charge < -0.3 is 16.0 Å². The fourth-order valence-electron chi connectivity index (χ4n) is 3.68. The molecule has 0 fully saturated rings. The second kappa shape index (κ2) is 6.28. The van der Waals surface area contributed by atoms with E-state index in [9.17, 15) is 13.2 Å². The molecule has 4 rings (SSSR count). The molecule has 1 aliphatic heterocycles. The van der Waals surface area contributed by atoms with Crippen LogP contribution in [0.2, 0.25) is 0 Å². The normalized spacial score (nSPS) is 22.1. The lowest BCUT2D eigenvalue weighted by Gasteiger charge is -2.30. The van der Waals surface area contributed by atoms with E-state index in [2.05, 4.69) is 20.5 Å². The van der Waals surface area contributed by atoms with Gasteiger partial charge >= 0.3 is 6.18 Å². The first-order valence-electron chi connectivity index (χ1n) is 8.83. The number of nitrogens with zero attached hydrogens (tertiary/aromatic N) is 6. The third-order valence-electron chi connectivity index (χ3n) is 5.19. The average molecular weight is 394 g/mol. The highest BCUT2D eigenvalue weighted by atomic mass is 19.4. The first-order valence-corrected chi connectivity index (χ1v) is 8.83. The Labute approximate surface area is 159 Å². The zero-order chi connectivity index (χ0) is 20.2. The minimum atomic E-state index is -4.54. The number of alkyl halides is 3. The number of anilines is 1. The Morgan fingerprint density at radius 3 is 2.75 bits per heavy atom. The molecule has 2 aromatic rings. The van der Waals surface area contributed by atoms with E-state index < -0.39 is 23.9 Å². The van der Waals surface area contributed by atoms with Crippen LogP contribution in [0.25, 0.3) is 0 Å². The summed E-state index contributed by atoms with van der Waals surface area (Å²) in [6, 6.07) is 0.0901. The number of hydrogen-bond acceptors (Lipinski definition) is 6. The first kappa shape index (κ1) is 18.4. The predicted molar refractivity (Wildman–Crippen MR) is 97.6 cm³/mol. The molecule has 0 amide bonds. The van der Waals surface area contributed by atoms with Gasteiger partial charge in [-0.05, 0) is 19.8 Å². The quantitative estimate of drug-likeness (QED) is 0.830. The van der Waals surface area contributed by atoms with Gasteiger partial charge in [0.05, 0.1) is 23.6 Å². The highest BCUT2D eigenvalue weighted by Crippen LogP contribution is 2.35. The molecule has 2 unspecified atom stereocenters. The van der Waals surface area contributed by atoms with E-state index in [-0.39, 0.29) is 6.04 Å². The molecule has 0 bridgehead atoms. The minimum absolute atomic E-state index is 0.0901. The van der Waals surface area contributed by atoms with Gasteiger partial charge in [-0.1, -0.05) is 0 Å². The molecule has 3 N–H and O–H groups in total. The Morgan fingerprint density at radius 2 is 2.04 bits per heavy atom. The zero-order valence-electron chi connectivity index (χ0n) is 15.7. The smallest absolute Gasteiger partial charge is 0.383 e. The van der Waals surface area contributed by atoms with Crippen molar-refractivity contribution >= 4 is 11.5 Å². The van der Waals surface area contributed by atoms with Gasteiger partial charge in [0, 0.05) is 37.7 Å². The number of hydrogen-bond donors (Lipinski definition) is 2. The van der Waals surface area contributed by atoms with Crippen LogP contribution >= 0.6 is 0 Å². The van der Waals surface area contributed by atoms with Crippen molar-refractivity contribution in [2.24, 2.45) is 17.8 Å². The van der Waals surface area contributed by atoms with Crippen molar-refractivity contribution in [1.29, 1.82) is 0 Å². The molecule has 150 valence electrons. The average Bonchev–Trinajstić information content (AvgIpc) is 3.27. The van der Waals surface area contributed by atoms with Crippen LogP contribution in [0.15, 0.2) is 29.2 Å². The highest BCUT2D eigenvalue weighted by molar-refractivity contribution is 5.98. The van der Waals surface area contributed by atoms with Crippen LogP contribution in [0.1, 0.15) is 29.4 Å². The third kappa shape index (κ3) is 3.00. The third-order valence-corrected chi connectivity index (χ3v) is 5.19. The maximum atomic E-state index is 13.0. The summed E-state index contributed by atoms with van der Waals surface area (Å²) in [5.74, 6) is -0.538. The molecule has 8 nitrogen and oxygen atoms in total. The number of rotatable bonds is 3. The number of amidine groups is 1. The second-order valence-electron chi connectivity index (χ2n) is 7.07. The van der Waals surface area contributed by atoms with Crippen LogP contribution < -0.4 is 11.1 Å². The van der Waals surface area contributed by atoms with Gasteiger partial charge in [-0.25, -0.2) is 4.99 Å². The number of aromatic nitrogens is 4. The van der Waals surface area contributed by atoms with E-state index in [1.165, 1.54) is 17.6 Å². The van der Waals surface area contributed by atoms with Crippen molar-refractivity contribution in [3.05, 3.63) is 41.1 Å². The van der Waals surface area contributed by atoms with Crippen LogP contribution in [-0.2, 0) is 13.5 Å². The molecule has 0 radical (unpaired) electrons. The lowest BCUT2D eigenvalue weighted by molar-refractivity contribution is -0.0877. The summed E-state index contributed by atoms with van der Waals surface area (Å²) in [5.41, 5.74) is 8.34. The van der Waals surface area contributed by atoms with E-state index in [1.807, 2.05) is 35.7 Å². The SMILES string of the molecule is Cc1nn(C2CCc3c2cnn3C)cc1NC1N=C(N)C(C(F)(F)F)=CN1C.